The highest BCUT2D eigenvalue weighted by atomic mass is 19.1. The second kappa shape index (κ2) is 7.28. The summed E-state index contributed by atoms with van der Waals surface area (Å²) in [5.74, 6) is 0.0139. The van der Waals surface area contributed by atoms with Gasteiger partial charge in [-0.25, -0.2) is 9.37 Å². The van der Waals surface area contributed by atoms with E-state index >= 15 is 0 Å². The Kier molecular flexibility index (Phi) is 4.68. The van der Waals surface area contributed by atoms with Crippen LogP contribution in [0.1, 0.15) is 5.56 Å². The molecule has 0 amide bonds. The molecule has 7 heteroatoms. The van der Waals surface area contributed by atoms with Crippen LogP contribution in [0.15, 0.2) is 54.7 Å². The summed E-state index contributed by atoms with van der Waals surface area (Å²) < 4.78 is 14.2. The van der Waals surface area contributed by atoms with Crippen LogP contribution in [0.3, 0.4) is 0 Å². The molecule has 0 aliphatic carbocycles. The summed E-state index contributed by atoms with van der Waals surface area (Å²) in [6, 6.07) is 14.1. The van der Waals surface area contributed by atoms with Crippen molar-refractivity contribution < 1.29 is 9.31 Å². The lowest BCUT2D eigenvalue weighted by Crippen LogP contribution is -2.46. The number of nitro groups is 1. The number of pyridine rings is 1. The summed E-state index contributed by atoms with van der Waals surface area (Å²) in [5, 5.41) is 12.0. The van der Waals surface area contributed by atoms with Crippen molar-refractivity contribution in [1.29, 1.82) is 0 Å². The van der Waals surface area contributed by atoms with Gasteiger partial charge in [-0.15, -0.1) is 0 Å². The Bertz CT molecular complexity index is 972. The molecule has 4 rings (SSSR count). The van der Waals surface area contributed by atoms with Crippen LogP contribution in [-0.2, 0) is 6.54 Å². The summed E-state index contributed by atoms with van der Waals surface area (Å²) in [5.41, 5.74) is 1.15. The fourth-order valence-electron chi connectivity index (χ4n) is 3.58. The van der Waals surface area contributed by atoms with Crippen molar-refractivity contribution in [3.05, 3.63) is 76.2 Å². The highest BCUT2D eigenvalue weighted by Gasteiger charge is 2.25. The Balaban J connectivity index is 1.59. The molecule has 27 heavy (non-hydrogen) atoms. The number of non-ortho nitro benzene ring substituents is 1. The minimum Gasteiger partial charge on any atom is -0.353 e. The molecule has 0 atom stereocenters. The second-order valence-electron chi connectivity index (χ2n) is 6.63. The van der Waals surface area contributed by atoms with E-state index in [9.17, 15) is 14.5 Å². The van der Waals surface area contributed by atoms with Gasteiger partial charge in [0.05, 0.1) is 4.92 Å². The van der Waals surface area contributed by atoms with Crippen molar-refractivity contribution in [2.75, 3.05) is 31.1 Å². The molecule has 138 valence electrons. The summed E-state index contributed by atoms with van der Waals surface area (Å²) >= 11 is 0. The highest BCUT2D eigenvalue weighted by Crippen LogP contribution is 2.34. The first-order valence-electron chi connectivity index (χ1n) is 8.86. The smallest absolute Gasteiger partial charge is 0.281 e. The minimum atomic E-state index is -0.474. The Morgan fingerprint density at radius 2 is 1.78 bits per heavy atom. The molecule has 2 aromatic carbocycles. The standard InChI is InChI=1S/C20H19FN4O2/c21-17-6-7-18(25(26)27)19-16(17)8-9-22-20(19)24-12-10-23(11-13-24)14-15-4-2-1-3-5-15/h1-9H,10-14H2. The zero-order valence-corrected chi connectivity index (χ0v) is 14.7. The van der Waals surface area contributed by atoms with Crippen molar-refractivity contribution >= 4 is 22.3 Å². The van der Waals surface area contributed by atoms with Crippen molar-refractivity contribution in [3.63, 3.8) is 0 Å². The van der Waals surface area contributed by atoms with Crippen LogP contribution in [0, 0.1) is 15.9 Å². The van der Waals surface area contributed by atoms with Gasteiger partial charge in [0.25, 0.3) is 5.69 Å². The third kappa shape index (κ3) is 3.46. The van der Waals surface area contributed by atoms with Crippen molar-refractivity contribution in [2.24, 2.45) is 0 Å². The molecule has 1 aromatic heterocycles. The number of nitrogens with zero attached hydrogens (tertiary/aromatic N) is 4. The predicted octanol–water partition coefficient (Wildman–Crippen LogP) is 3.60. The molecule has 1 aliphatic rings. The first-order valence-corrected chi connectivity index (χ1v) is 8.86. The number of hydrogen-bond acceptors (Lipinski definition) is 5. The largest absolute Gasteiger partial charge is 0.353 e. The molecule has 2 heterocycles. The molecule has 0 spiro atoms. The average molecular weight is 366 g/mol. The van der Waals surface area contributed by atoms with E-state index in [-0.39, 0.29) is 16.5 Å². The van der Waals surface area contributed by atoms with E-state index in [1.54, 1.807) is 0 Å². The SMILES string of the molecule is O=[N+]([O-])c1ccc(F)c2ccnc(N3CCN(Cc4ccccc4)CC3)c12. The van der Waals surface area contributed by atoms with E-state index in [0.29, 0.717) is 18.9 Å². The summed E-state index contributed by atoms with van der Waals surface area (Å²) in [7, 11) is 0. The van der Waals surface area contributed by atoms with Crippen molar-refractivity contribution in [1.82, 2.24) is 9.88 Å². The van der Waals surface area contributed by atoms with Crippen LogP contribution in [0.4, 0.5) is 15.9 Å². The van der Waals surface area contributed by atoms with Crippen LogP contribution in [-0.4, -0.2) is 41.0 Å². The van der Waals surface area contributed by atoms with Gasteiger partial charge in [0.2, 0.25) is 0 Å². The number of rotatable bonds is 4. The lowest BCUT2D eigenvalue weighted by Gasteiger charge is -2.35. The highest BCUT2D eigenvalue weighted by molar-refractivity contribution is 5.99. The van der Waals surface area contributed by atoms with E-state index in [1.165, 1.54) is 23.9 Å². The van der Waals surface area contributed by atoms with Gasteiger partial charge >= 0.3 is 0 Å². The van der Waals surface area contributed by atoms with E-state index in [0.717, 1.165) is 25.7 Å². The van der Waals surface area contributed by atoms with Gasteiger partial charge < -0.3 is 4.90 Å². The maximum Gasteiger partial charge on any atom is 0.281 e. The molecule has 6 nitrogen and oxygen atoms in total. The third-order valence-corrected chi connectivity index (χ3v) is 4.95. The van der Waals surface area contributed by atoms with Gasteiger partial charge in [-0.1, -0.05) is 30.3 Å². The first kappa shape index (κ1) is 17.4. The number of benzene rings is 2. The summed E-state index contributed by atoms with van der Waals surface area (Å²) in [4.78, 5) is 19.7. The number of aromatic nitrogens is 1. The van der Waals surface area contributed by atoms with E-state index < -0.39 is 10.7 Å². The van der Waals surface area contributed by atoms with Gasteiger partial charge in [-0.2, -0.15) is 0 Å². The molecule has 1 fully saturated rings. The normalized spacial score (nSPS) is 15.2. The predicted molar refractivity (Wildman–Crippen MR) is 102 cm³/mol. The van der Waals surface area contributed by atoms with Gasteiger partial charge in [0.1, 0.15) is 17.0 Å². The lowest BCUT2D eigenvalue weighted by atomic mass is 10.1. The number of hydrogen-bond donors (Lipinski definition) is 0. The maximum atomic E-state index is 14.2. The summed E-state index contributed by atoms with van der Waals surface area (Å²) in [6.45, 7) is 3.87. The monoisotopic (exact) mass is 366 g/mol. The Morgan fingerprint density at radius 1 is 1.04 bits per heavy atom. The average Bonchev–Trinajstić information content (AvgIpc) is 2.69. The molecular weight excluding hydrogens is 347 g/mol. The zero-order chi connectivity index (χ0) is 18.8. The van der Waals surface area contributed by atoms with E-state index in [1.807, 2.05) is 23.1 Å². The number of halogens is 1. The molecule has 0 unspecified atom stereocenters. The van der Waals surface area contributed by atoms with E-state index in [2.05, 4.69) is 22.0 Å². The van der Waals surface area contributed by atoms with Crippen molar-refractivity contribution in [3.8, 4) is 0 Å². The van der Waals surface area contributed by atoms with Crippen LogP contribution in [0.5, 0.6) is 0 Å². The molecule has 0 N–H and O–H groups in total. The number of nitro benzene ring substituents is 1. The molecule has 3 aromatic rings. The zero-order valence-electron chi connectivity index (χ0n) is 14.7. The third-order valence-electron chi connectivity index (χ3n) is 4.95. The van der Waals surface area contributed by atoms with Crippen molar-refractivity contribution in [2.45, 2.75) is 6.54 Å². The quantitative estimate of drug-likeness (QED) is 0.521. The molecule has 1 saturated heterocycles. The van der Waals surface area contributed by atoms with Crippen LogP contribution >= 0.6 is 0 Å². The Morgan fingerprint density at radius 3 is 2.48 bits per heavy atom. The second-order valence-corrected chi connectivity index (χ2v) is 6.63. The fraction of sp³-hybridized carbons (Fsp3) is 0.250. The molecule has 0 saturated carbocycles. The van der Waals surface area contributed by atoms with E-state index in [4.69, 9.17) is 0 Å². The molecule has 1 aliphatic heterocycles. The van der Waals surface area contributed by atoms with Gasteiger partial charge in [0, 0.05) is 50.4 Å². The molecule has 0 radical (unpaired) electrons. The first-order chi connectivity index (χ1) is 13.1. The van der Waals surface area contributed by atoms with Crippen LogP contribution < -0.4 is 4.90 Å². The topological polar surface area (TPSA) is 62.5 Å². The number of anilines is 1. The van der Waals surface area contributed by atoms with Gasteiger partial charge in [-0.3, -0.25) is 15.0 Å². The fourth-order valence-corrected chi connectivity index (χ4v) is 3.58. The minimum absolute atomic E-state index is 0.110. The Hall–Kier alpha value is -3.06. The number of fused-ring (bicyclic) bond motifs is 1. The molecular formula is C20H19FN4O2. The maximum absolute atomic E-state index is 14.2. The van der Waals surface area contributed by atoms with Crippen LogP contribution in [0.25, 0.3) is 10.8 Å². The number of piperazine rings is 1. The summed E-state index contributed by atoms with van der Waals surface area (Å²) in [6.07, 6.45) is 1.51. The molecule has 0 bridgehead atoms. The van der Waals surface area contributed by atoms with Crippen LogP contribution in [0.2, 0.25) is 0 Å². The van der Waals surface area contributed by atoms with Gasteiger partial charge in [-0.05, 0) is 17.7 Å². The lowest BCUT2D eigenvalue weighted by molar-refractivity contribution is -0.383. The van der Waals surface area contributed by atoms with Gasteiger partial charge in [0.15, 0.2) is 0 Å². The Labute approximate surface area is 156 Å².